The topological polar surface area (TPSA) is 110 Å². The van der Waals surface area contributed by atoms with Gasteiger partial charge in [0.25, 0.3) is 11.8 Å². The fourth-order valence-electron chi connectivity index (χ4n) is 3.24. The first-order chi connectivity index (χ1) is 16.2. The van der Waals surface area contributed by atoms with Crippen molar-refractivity contribution in [3.8, 4) is 17.4 Å². The van der Waals surface area contributed by atoms with Gasteiger partial charge in [0.15, 0.2) is 0 Å². The Balaban J connectivity index is 1.82. The van der Waals surface area contributed by atoms with Crippen LogP contribution in [0.1, 0.15) is 19.6 Å². The van der Waals surface area contributed by atoms with Crippen molar-refractivity contribution in [3.05, 3.63) is 62.9 Å². The third kappa shape index (κ3) is 5.75. The van der Waals surface area contributed by atoms with E-state index in [1.165, 1.54) is 19.9 Å². The Kier molecular flexibility index (Phi) is 8.29. The van der Waals surface area contributed by atoms with Crippen molar-refractivity contribution in [1.82, 2.24) is 4.90 Å². The Morgan fingerprint density at radius 3 is 2.62 bits per heavy atom. The predicted molar refractivity (Wildman–Crippen MR) is 125 cm³/mol. The molecule has 0 atom stereocenters. The maximum absolute atomic E-state index is 13.1. The Morgan fingerprint density at radius 1 is 1.15 bits per heavy atom. The van der Waals surface area contributed by atoms with Gasteiger partial charge in [0, 0.05) is 23.1 Å². The zero-order chi connectivity index (χ0) is 24.8. The number of furan rings is 1. The molecule has 1 aromatic heterocycles. The van der Waals surface area contributed by atoms with Crippen LogP contribution < -0.4 is 0 Å². The standard InChI is InChI=1S/C24H20Cl2N2O6/c1-14-18(12-17-4-6-22(34-17)19-11-16(25)3-5-21(19)26)23(30)28(24(31)20(14)13-27)7-8-32-9-10-33-15(2)29/h3-6,11-12H,7-10H2,1-2H3/b18-12+. The summed E-state index contributed by atoms with van der Waals surface area (Å²) in [5, 5.41) is 10.4. The van der Waals surface area contributed by atoms with Crippen LogP contribution in [0.15, 0.2) is 51.5 Å². The molecule has 1 aromatic carbocycles. The molecule has 2 amide bonds. The van der Waals surface area contributed by atoms with E-state index in [2.05, 4.69) is 0 Å². The van der Waals surface area contributed by atoms with E-state index in [1.54, 1.807) is 30.3 Å². The number of nitriles is 1. The molecule has 0 radical (unpaired) electrons. The lowest BCUT2D eigenvalue weighted by atomic mass is 9.94. The van der Waals surface area contributed by atoms with Gasteiger partial charge in [0.1, 0.15) is 29.8 Å². The zero-order valence-electron chi connectivity index (χ0n) is 18.4. The van der Waals surface area contributed by atoms with Crippen molar-refractivity contribution >= 4 is 47.1 Å². The second-order valence-corrected chi connectivity index (χ2v) is 8.05. The summed E-state index contributed by atoms with van der Waals surface area (Å²) in [7, 11) is 0. The zero-order valence-corrected chi connectivity index (χ0v) is 19.9. The molecule has 3 rings (SSSR count). The first kappa shape index (κ1) is 25.2. The van der Waals surface area contributed by atoms with E-state index in [0.717, 1.165) is 4.90 Å². The number of halogens is 2. The van der Waals surface area contributed by atoms with Gasteiger partial charge >= 0.3 is 5.97 Å². The lowest BCUT2D eigenvalue weighted by Gasteiger charge is -2.27. The van der Waals surface area contributed by atoms with Crippen molar-refractivity contribution in [2.45, 2.75) is 13.8 Å². The van der Waals surface area contributed by atoms with Crippen LogP contribution in [0.5, 0.6) is 0 Å². The molecule has 0 unspecified atom stereocenters. The third-order valence-corrected chi connectivity index (χ3v) is 5.49. The summed E-state index contributed by atoms with van der Waals surface area (Å²) < 4.78 is 15.9. The van der Waals surface area contributed by atoms with Crippen molar-refractivity contribution < 1.29 is 28.3 Å². The molecular formula is C24H20Cl2N2O6. The minimum absolute atomic E-state index is 0.0158. The molecular weight excluding hydrogens is 483 g/mol. The van der Waals surface area contributed by atoms with E-state index in [9.17, 15) is 19.6 Å². The lowest BCUT2D eigenvalue weighted by Crippen LogP contribution is -2.44. The molecule has 0 N–H and O–H groups in total. The molecule has 1 aliphatic rings. The van der Waals surface area contributed by atoms with E-state index in [4.69, 9.17) is 37.1 Å². The highest BCUT2D eigenvalue weighted by Crippen LogP contribution is 2.33. The van der Waals surface area contributed by atoms with Crippen LogP contribution in [-0.2, 0) is 23.9 Å². The van der Waals surface area contributed by atoms with Gasteiger partial charge in [0.05, 0.1) is 24.8 Å². The van der Waals surface area contributed by atoms with Gasteiger partial charge in [-0.2, -0.15) is 5.26 Å². The third-order valence-electron chi connectivity index (χ3n) is 4.92. The number of esters is 1. The Hall–Kier alpha value is -3.38. The lowest BCUT2D eigenvalue weighted by molar-refractivity contribution is -0.142. The van der Waals surface area contributed by atoms with Crippen LogP contribution in [0.3, 0.4) is 0 Å². The Labute approximate surface area is 205 Å². The minimum Gasteiger partial charge on any atom is -0.463 e. The van der Waals surface area contributed by atoms with Crippen molar-refractivity contribution in [2.24, 2.45) is 0 Å². The van der Waals surface area contributed by atoms with E-state index in [-0.39, 0.29) is 43.1 Å². The van der Waals surface area contributed by atoms with E-state index in [0.29, 0.717) is 27.1 Å². The summed E-state index contributed by atoms with van der Waals surface area (Å²) in [6, 6.07) is 10.2. The summed E-state index contributed by atoms with van der Waals surface area (Å²) >= 11 is 12.3. The van der Waals surface area contributed by atoms with Crippen LogP contribution in [-0.4, -0.2) is 49.0 Å². The fraction of sp³-hybridized carbons (Fsp3) is 0.250. The van der Waals surface area contributed by atoms with Crippen LogP contribution in [0.4, 0.5) is 0 Å². The molecule has 0 saturated heterocycles. The van der Waals surface area contributed by atoms with Crippen LogP contribution in [0.2, 0.25) is 10.0 Å². The molecule has 2 aromatic rings. The average Bonchev–Trinajstić information content (AvgIpc) is 3.26. The van der Waals surface area contributed by atoms with E-state index < -0.39 is 17.8 Å². The largest absolute Gasteiger partial charge is 0.463 e. The second kappa shape index (κ2) is 11.2. The van der Waals surface area contributed by atoms with Crippen LogP contribution >= 0.6 is 23.2 Å². The quantitative estimate of drug-likeness (QED) is 0.227. The normalized spacial score (nSPS) is 15.1. The van der Waals surface area contributed by atoms with Gasteiger partial charge in [-0.15, -0.1) is 0 Å². The molecule has 0 bridgehead atoms. The number of imide groups is 1. The van der Waals surface area contributed by atoms with Gasteiger partial charge in [-0.25, -0.2) is 0 Å². The first-order valence-electron chi connectivity index (χ1n) is 10.2. The van der Waals surface area contributed by atoms with Crippen molar-refractivity contribution in [2.75, 3.05) is 26.4 Å². The van der Waals surface area contributed by atoms with Gasteiger partial charge in [0.2, 0.25) is 0 Å². The summed E-state index contributed by atoms with van der Waals surface area (Å²) in [6.07, 6.45) is 1.47. The highest BCUT2D eigenvalue weighted by molar-refractivity contribution is 6.35. The SMILES string of the molecule is CC(=O)OCCOCCN1C(=O)C(C#N)=C(C)/C(=C\c2ccc(-c3cc(Cl)ccc3Cl)o2)C1=O. The van der Waals surface area contributed by atoms with Crippen molar-refractivity contribution in [3.63, 3.8) is 0 Å². The van der Waals surface area contributed by atoms with Gasteiger partial charge in [-0.3, -0.25) is 19.3 Å². The van der Waals surface area contributed by atoms with Gasteiger partial charge < -0.3 is 13.9 Å². The van der Waals surface area contributed by atoms with Gasteiger partial charge in [-0.1, -0.05) is 23.2 Å². The molecule has 8 nitrogen and oxygen atoms in total. The first-order valence-corrected chi connectivity index (χ1v) is 10.9. The monoisotopic (exact) mass is 502 g/mol. The number of amides is 2. The second-order valence-electron chi connectivity index (χ2n) is 7.21. The molecule has 0 aliphatic carbocycles. The van der Waals surface area contributed by atoms with Crippen LogP contribution in [0.25, 0.3) is 17.4 Å². The van der Waals surface area contributed by atoms with Gasteiger partial charge in [-0.05, 0) is 48.9 Å². The van der Waals surface area contributed by atoms with Crippen molar-refractivity contribution in [1.29, 1.82) is 5.26 Å². The molecule has 0 spiro atoms. The number of carbonyl (C=O) groups excluding carboxylic acids is 3. The van der Waals surface area contributed by atoms with E-state index >= 15 is 0 Å². The maximum atomic E-state index is 13.1. The van der Waals surface area contributed by atoms with E-state index in [1.807, 2.05) is 6.07 Å². The predicted octanol–water partition coefficient (Wildman–Crippen LogP) is 4.43. The summed E-state index contributed by atoms with van der Waals surface area (Å²) in [4.78, 5) is 37.5. The number of rotatable bonds is 8. The minimum atomic E-state index is -0.698. The number of nitrogens with zero attached hydrogens (tertiary/aromatic N) is 2. The molecule has 0 saturated carbocycles. The fourth-order valence-corrected chi connectivity index (χ4v) is 3.62. The molecule has 0 fully saturated rings. The molecule has 1 aliphatic heterocycles. The molecule has 176 valence electrons. The Bertz CT molecular complexity index is 1240. The maximum Gasteiger partial charge on any atom is 0.302 e. The molecule has 34 heavy (non-hydrogen) atoms. The summed E-state index contributed by atoms with van der Waals surface area (Å²) in [5.74, 6) is -0.935. The average molecular weight is 503 g/mol. The van der Waals surface area contributed by atoms with Crippen LogP contribution in [0, 0.1) is 11.3 Å². The highest BCUT2D eigenvalue weighted by Gasteiger charge is 2.35. The molecule has 10 heteroatoms. The smallest absolute Gasteiger partial charge is 0.302 e. The summed E-state index contributed by atoms with van der Waals surface area (Å²) in [6.45, 7) is 2.92. The Morgan fingerprint density at radius 2 is 1.91 bits per heavy atom. The number of ether oxygens (including phenoxy) is 2. The number of carbonyl (C=O) groups is 3. The molecule has 2 heterocycles. The number of hydrogen-bond acceptors (Lipinski definition) is 7. The number of hydrogen-bond donors (Lipinski definition) is 0. The highest BCUT2D eigenvalue weighted by atomic mass is 35.5. The number of benzene rings is 1. The summed E-state index contributed by atoms with van der Waals surface area (Å²) in [5.41, 5.74) is 0.842.